The van der Waals surface area contributed by atoms with Crippen LogP contribution in [0.3, 0.4) is 0 Å². The standard InChI is InChI=1S/C17H20O5/c1-10(2)16-12(17(20)21-3)5-4-6-15(22-16)11-7-8-13(18)14(19)9-11/h6-10,18-19H,4-5H2,1-3H3. The highest BCUT2D eigenvalue weighted by Crippen LogP contribution is 2.34. The lowest BCUT2D eigenvalue weighted by atomic mass is 10.0. The van der Waals surface area contributed by atoms with Gasteiger partial charge in [-0.1, -0.05) is 13.8 Å². The summed E-state index contributed by atoms with van der Waals surface area (Å²) in [6, 6.07) is 4.49. The van der Waals surface area contributed by atoms with Gasteiger partial charge in [0.1, 0.15) is 11.5 Å². The van der Waals surface area contributed by atoms with Crippen LogP contribution < -0.4 is 0 Å². The third-order valence-electron chi connectivity index (χ3n) is 3.46. The van der Waals surface area contributed by atoms with E-state index in [4.69, 9.17) is 9.47 Å². The first-order chi connectivity index (χ1) is 10.4. The molecule has 0 fully saturated rings. The molecule has 0 radical (unpaired) electrons. The van der Waals surface area contributed by atoms with Gasteiger partial charge < -0.3 is 19.7 Å². The zero-order valence-corrected chi connectivity index (χ0v) is 12.9. The highest BCUT2D eigenvalue weighted by molar-refractivity contribution is 5.89. The van der Waals surface area contributed by atoms with E-state index < -0.39 is 0 Å². The molecule has 1 aromatic carbocycles. The van der Waals surface area contributed by atoms with Crippen molar-refractivity contribution >= 4 is 11.7 Å². The lowest BCUT2D eigenvalue weighted by molar-refractivity contribution is -0.136. The Kier molecular flexibility index (Phi) is 4.75. The number of ether oxygens (including phenoxy) is 2. The molecule has 118 valence electrons. The lowest BCUT2D eigenvalue weighted by Gasteiger charge is -2.18. The maximum absolute atomic E-state index is 11.9. The van der Waals surface area contributed by atoms with Crippen molar-refractivity contribution in [1.29, 1.82) is 0 Å². The predicted octanol–water partition coefficient (Wildman–Crippen LogP) is 3.33. The molecular weight excluding hydrogens is 284 g/mol. The minimum atomic E-state index is -0.382. The quantitative estimate of drug-likeness (QED) is 0.661. The van der Waals surface area contributed by atoms with Crippen molar-refractivity contribution in [2.45, 2.75) is 26.7 Å². The lowest BCUT2D eigenvalue weighted by Crippen LogP contribution is -2.11. The van der Waals surface area contributed by atoms with Crippen LogP contribution in [0.2, 0.25) is 0 Å². The Labute approximate surface area is 129 Å². The molecule has 0 aliphatic carbocycles. The number of allylic oxidation sites excluding steroid dienone is 2. The summed E-state index contributed by atoms with van der Waals surface area (Å²) in [7, 11) is 1.35. The van der Waals surface area contributed by atoms with E-state index in [9.17, 15) is 15.0 Å². The van der Waals surface area contributed by atoms with E-state index >= 15 is 0 Å². The van der Waals surface area contributed by atoms with Gasteiger partial charge in [0.15, 0.2) is 11.5 Å². The average molecular weight is 304 g/mol. The topological polar surface area (TPSA) is 76.0 Å². The van der Waals surface area contributed by atoms with Gasteiger partial charge in [0.25, 0.3) is 0 Å². The van der Waals surface area contributed by atoms with Gasteiger partial charge >= 0.3 is 5.97 Å². The van der Waals surface area contributed by atoms with Crippen LogP contribution in [-0.2, 0) is 14.3 Å². The molecule has 1 aliphatic rings. The molecule has 1 heterocycles. The minimum Gasteiger partial charge on any atom is -0.504 e. The van der Waals surface area contributed by atoms with Crippen LogP contribution in [0.25, 0.3) is 5.76 Å². The molecule has 1 aromatic rings. The Hall–Kier alpha value is -2.43. The normalized spacial score (nSPS) is 15.2. The summed E-state index contributed by atoms with van der Waals surface area (Å²) in [5.74, 6) is 0.358. The Balaban J connectivity index is 2.40. The summed E-state index contributed by atoms with van der Waals surface area (Å²) < 4.78 is 10.8. The van der Waals surface area contributed by atoms with Gasteiger partial charge in [-0.25, -0.2) is 4.79 Å². The second-order valence-electron chi connectivity index (χ2n) is 5.40. The maximum Gasteiger partial charge on any atom is 0.337 e. The molecule has 0 aromatic heterocycles. The number of rotatable bonds is 3. The van der Waals surface area contributed by atoms with E-state index in [-0.39, 0.29) is 23.4 Å². The highest BCUT2D eigenvalue weighted by atomic mass is 16.5. The molecule has 0 saturated heterocycles. The van der Waals surface area contributed by atoms with Crippen molar-refractivity contribution in [3.05, 3.63) is 41.2 Å². The van der Waals surface area contributed by atoms with Crippen LogP contribution in [0.5, 0.6) is 11.5 Å². The van der Waals surface area contributed by atoms with Crippen LogP contribution >= 0.6 is 0 Å². The third kappa shape index (κ3) is 3.24. The molecular formula is C17H20O5. The summed E-state index contributed by atoms with van der Waals surface area (Å²) in [5.41, 5.74) is 1.17. The van der Waals surface area contributed by atoms with Crippen LogP contribution in [0.1, 0.15) is 32.3 Å². The van der Waals surface area contributed by atoms with Gasteiger partial charge in [0, 0.05) is 11.5 Å². The predicted molar refractivity (Wildman–Crippen MR) is 81.9 cm³/mol. The van der Waals surface area contributed by atoms with E-state index in [1.165, 1.54) is 19.2 Å². The summed E-state index contributed by atoms with van der Waals surface area (Å²) in [6.07, 6.45) is 3.02. The van der Waals surface area contributed by atoms with Crippen molar-refractivity contribution < 1.29 is 24.5 Å². The largest absolute Gasteiger partial charge is 0.504 e. The fourth-order valence-electron chi connectivity index (χ4n) is 2.34. The Morgan fingerprint density at radius 2 is 2.00 bits per heavy atom. The number of hydrogen-bond donors (Lipinski definition) is 2. The third-order valence-corrected chi connectivity index (χ3v) is 3.46. The van der Waals surface area contributed by atoms with Crippen LogP contribution in [0.4, 0.5) is 0 Å². The number of carbonyl (C=O) groups is 1. The molecule has 0 unspecified atom stereocenters. The van der Waals surface area contributed by atoms with Crippen molar-refractivity contribution in [1.82, 2.24) is 0 Å². The number of phenolic OH excluding ortho intramolecular Hbond substituents is 2. The first-order valence-corrected chi connectivity index (χ1v) is 7.15. The molecule has 5 heteroatoms. The first kappa shape index (κ1) is 15.9. The maximum atomic E-state index is 11.9. The van der Waals surface area contributed by atoms with Crippen molar-refractivity contribution in [2.75, 3.05) is 7.11 Å². The molecule has 1 aliphatic heterocycles. The van der Waals surface area contributed by atoms with E-state index in [2.05, 4.69) is 0 Å². The number of aromatic hydroxyl groups is 2. The number of esters is 1. The second kappa shape index (κ2) is 6.56. The first-order valence-electron chi connectivity index (χ1n) is 7.15. The average Bonchev–Trinajstić information content (AvgIpc) is 2.72. The molecule has 2 N–H and O–H groups in total. The molecule has 0 bridgehead atoms. The van der Waals surface area contributed by atoms with Gasteiger partial charge in [0.05, 0.1) is 12.7 Å². The van der Waals surface area contributed by atoms with Crippen molar-refractivity contribution in [3.8, 4) is 11.5 Å². The van der Waals surface area contributed by atoms with Gasteiger partial charge in [-0.05, 0) is 37.1 Å². The molecule has 5 nitrogen and oxygen atoms in total. The van der Waals surface area contributed by atoms with Gasteiger partial charge in [0.2, 0.25) is 0 Å². The van der Waals surface area contributed by atoms with Crippen LogP contribution in [0.15, 0.2) is 35.6 Å². The van der Waals surface area contributed by atoms with E-state index in [0.29, 0.717) is 35.5 Å². The Morgan fingerprint density at radius 1 is 1.27 bits per heavy atom. The van der Waals surface area contributed by atoms with Crippen molar-refractivity contribution in [2.24, 2.45) is 5.92 Å². The highest BCUT2D eigenvalue weighted by Gasteiger charge is 2.24. The summed E-state index contributed by atoms with van der Waals surface area (Å²) in [5, 5.41) is 19.0. The minimum absolute atomic E-state index is 0.0151. The Bertz CT molecular complexity index is 640. The monoisotopic (exact) mass is 304 g/mol. The Morgan fingerprint density at radius 3 is 2.59 bits per heavy atom. The second-order valence-corrected chi connectivity index (χ2v) is 5.40. The summed E-state index contributed by atoms with van der Waals surface area (Å²) in [4.78, 5) is 11.9. The molecule has 0 amide bonds. The molecule has 2 rings (SSSR count). The summed E-state index contributed by atoms with van der Waals surface area (Å²) in [6.45, 7) is 3.88. The van der Waals surface area contributed by atoms with E-state index in [1.807, 2.05) is 19.9 Å². The van der Waals surface area contributed by atoms with Gasteiger partial charge in [-0.3, -0.25) is 0 Å². The van der Waals surface area contributed by atoms with E-state index in [0.717, 1.165) is 0 Å². The molecule has 0 spiro atoms. The number of hydrogen-bond acceptors (Lipinski definition) is 5. The van der Waals surface area contributed by atoms with Gasteiger partial charge in [-0.2, -0.15) is 0 Å². The molecule has 0 atom stereocenters. The van der Waals surface area contributed by atoms with Crippen molar-refractivity contribution in [3.63, 3.8) is 0 Å². The number of benzene rings is 1. The van der Waals surface area contributed by atoms with E-state index in [1.54, 1.807) is 6.07 Å². The van der Waals surface area contributed by atoms with Crippen LogP contribution in [-0.4, -0.2) is 23.3 Å². The molecule has 0 saturated carbocycles. The summed E-state index contributed by atoms with van der Waals surface area (Å²) >= 11 is 0. The zero-order valence-electron chi connectivity index (χ0n) is 12.9. The van der Waals surface area contributed by atoms with Gasteiger partial charge in [-0.15, -0.1) is 0 Å². The SMILES string of the molecule is COC(=O)C1=C(C(C)C)OC(c2ccc(O)c(O)c2)=CCC1. The number of phenols is 2. The smallest absolute Gasteiger partial charge is 0.337 e. The zero-order chi connectivity index (χ0) is 16.3. The number of methoxy groups -OCH3 is 1. The fourth-order valence-corrected chi connectivity index (χ4v) is 2.34. The number of carbonyl (C=O) groups excluding carboxylic acids is 1. The fraction of sp³-hybridized carbons (Fsp3) is 0.353. The van der Waals surface area contributed by atoms with Crippen LogP contribution in [0, 0.1) is 5.92 Å². The molecule has 22 heavy (non-hydrogen) atoms.